The van der Waals surface area contributed by atoms with Crippen LogP contribution in [0.2, 0.25) is 0 Å². The maximum Gasteiger partial charge on any atom is 0.312 e. The number of primary amides is 1. The third-order valence-electron chi connectivity index (χ3n) is 2.63. The first-order valence-electron chi connectivity index (χ1n) is 5.75. The molecule has 0 fully saturated rings. The van der Waals surface area contributed by atoms with Crippen LogP contribution in [0.3, 0.4) is 0 Å². The van der Waals surface area contributed by atoms with Crippen molar-refractivity contribution in [2.24, 2.45) is 5.73 Å². The summed E-state index contributed by atoms with van der Waals surface area (Å²) in [5.41, 5.74) is 7.27. The van der Waals surface area contributed by atoms with E-state index >= 15 is 0 Å². The van der Waals surface area contributed by atoms with Crippen LogP contribution in [0, 0.1) is 6.92 Å². The van der Waals surface area contributed by atoms with E-state index in [1.165, 1.54) is 6.07 Å². The molecule has 0 aromatic carbocycles. The Bertz CT molecular complexity index is 649. The molecule has 4 N–H and O–H groups in total. The highest BCUT2D eigenvalue weighted by molar-refractivity contribution is 5.72. The normalized spacial score (nSPS) is 10.2. The second-order valence-corrected chi connectivity index (χ2v) is 4.10. The van der Waals surface area contributed by atoms with Crippen LogP contribution in [0.5, 0.6) is 0 Å². The van der Waals surface area contributed by atoms with Crippen LogP contribution in [-0.4, -0.2) is 16.0 Å². The summed E-state index contributed by atoms with van der Waals surface area (Å²) in [5.74, 6) is 0. The van der Waals surface area contributed by atoms with Crippen molar-refractivity contribution in [1.82, 2.24) is 15.3 Å². The molecule has 0 atom stereocenters. The number of pyridine rings is 2. The molecule has 2 aromatic heterocycles. The highest BCUT2D eigenvalue weighted by Crippen LogP contribution is 2.16. The molecule has 0 aliphatic heterocycles. The lowest BCUT2D eigenvalue weighted by Gasteiger charge is -2.10. The van der Waals surface area contributed by atoms with Crippen LogP contribution >= 0.6 is 0 Å². The van der Waals surface area contributed by atoms with E-state index in [-0.39, 0.29) is 12.0 Å². The molecule has 0 aliphatic rings. The predicted molar refractivity (Wildman–Crippen MR) is 71.5 cm³/mol. The molecule has 2 rings (SSSR count). The summed E-state index contributed by atoms with van der Waals surface area (Å²) in [5, 5.41) is 2.42. The van der Waals surface area contributed by atoms with E-state index in [0.717, 1.165) is 5.69 Å². The molecule has 6 nitrogen and oxygen atoms in total. The molecule has 6 heteroatoms. The zero-order valence-electron chi connectivity index (χ0n) is 10.4. The lowest BCUT2D eigenvalue weighted by Crippen LogP contribution is -2.31. The number of nitrogens with one attached hydrogen (secondary N) is 2. The highest BCUT2D eigenvalue weighted by Gasteiger charge is 2.11. The van der Waals surface area contributed by atoms with E-state index in [1.807, 2.05) is 6.07 Å². The first-order chi connectivity index (χ1) is 9.08. The third kappa shape index (κ3) is 2.98. The number of aryl methyl sites for hydroxylation is 1. The highest BCUT2D eigenvalue weighted by atomic mass is 16.2. The maximum absolute atomic E-state index is 12.0. The van der Waals surface area contributed by atoms with Crippen molar-refractivity contribution in [3.8, 4) is 11.4 Å². The fourth-order valence-corrected chi connectivity index (χ4v) is 1.80. The molecule has 2 heterocycles. The Labute approximate surface area is 109 Å². The van der Waals surface area contributed by atoms with E-state index in [1.54, 1.807) is 25.3 Å². The first-order valence-corrected chi connectivity index (χ1v) is 5.75. The molecular weight excluding hydrogens is 244 g/mol. The number of aromatic amines is 1. The lowest BCUT2D eigenvalue weighted by molar-refractivity contribution is 0.248. The number of nitrogens with zero attached hydrogens (tertiary/aromatic N) is 1. The van der Waals surface area contributed by atoms with E-state index in [0.29, 0.717) is 17.0 Å². The van der Waals surface area contributed by atoms with Crippen LogP contribution in [0.1, 0.15) is 11.3 Å². The van der Waals surface area contributed by atoms with Gasteiger partial charge in [-0.1, -0.05) is 6.07 Å². The van der Waals surface area contributed by atoms with Crippen molar-refractivity contribution in [3.63, 3.8) is 0 Å². The zero-order valence-corrected chi connectivity index (χ0v) is 10.4. The van der Waals surface area contributed by atoms with Gasteiger partial charge in [-0.2, -0.15) is 0 Å². The second-order valence-electron chi connectivity index (χ2n) is 4.10. The molecular formula is C13H14N4O2. The zero-order chi connectivity index (χ0) is 13.8. The molecule has 0 bridgehead atoms. The van der Waals surface area contributed by atoms with Gasteiger partial charge in [0, 0.05) is 23.5 Å². The van der Waals surface area contributed by atoms with Gasteiger partial charge in [0.1, 0.15) is 0 Å². The number of hydrogen-bond acceptors (Lipinski definition) is 3. The number of hydrogen-bond donors (Lipinski definition) is 3. The van der Waals surface area contributed by atoms with E-state index in [9.17, 15) is 9.59 Å². The maximum atomic E-state index is 12.0. The van der Waals surface area contributed by atoms with Crippen LogP contribution < -0.4 is 16.5 Å². The van der Waals surface area contributed by atoms with Crippen LogP contribution in [0.4, 0.5) is 4.79 Å². The monoisotopic (exact) mass is 258 g/mol. The fourth-order valence-electron chi connectivity index (χ4n) is 1.80. The molecule has 0 spiro atoms. The van der Waals surface area contributed by atoms with Gasteiger partial charge in [0.2, 0.25) is 0 Å². The van der Waals surface area contributed by atoms with Gasteiger partial charge in [0.05, 0.1) is 17.9 Å². The standard InChI is InChI=1S/C13H14N4O2/c1-8-6-11(18)9(7-16-13(14)19)12(17-8)10-4-2-3-5-15-10/h2-6H,7H2,1H3,(H,17,18)(H3,14,16,19). The molecule has 0 saturated carbocycles. The number of nitrogens with two attached hydrogens (primary N) is 1. The number of aromatic nitrogens is 2. The molecule has 98 valence electrons. The summed E-state index contributed by atoms with van der Waals surface area (Å²) < 4.78 is 0. The third-order valence-corrected chi connectivity index (χ3v) is 2.63. The quantitative estimate of drug-likeness (QED) is 0.762. The molecule has 19 heavy (non-hydrogen) atoms. The van der Waals surface area contributed by atoms with Crippen molar-refractivity contribution in [3.05, 3.63) is 51.9 Å². The van der Waals surface area contributed by atoms with Gasteiger partial charge in [-0.05, 0) is 19.1 Å². The minimum atomic E-state index is -0.674. The van der Waals surface area contributed by atoms with Gasteiger partial charge < -0.3 is 16.0 Å². The summed E-state index contributed by atoms with van der Waals surface area (Å²) in [6.07, 6.45) is 1.64. The summed E-state index contributed by atoms with van der Waals surface area (Å²) in [7, 11) is 0. The summed E-state index contributed by atoms with van der Waals surface area (Å²) in [4.78, 5) is 30.1. The van der Waals surface area contributed by atoms with Crippen LogP contribution in [0.25, 0.3) is 11.4 Å². The van der Waals surface area contributed by atoms with E-state index in [4.69, 9.17) is 5.73 Å². The van der Waals surface area contributed by atoms with Gasteiger partial charge in [0.25, 0.3) is 0 Å². The number of urea groups is 1. The van der Waals surface area contributed by atoms with Gasteiger partial charge in [-0.3, -0.25) is 9.78 Å². The largest absolute Gasteiger partial charge is 0.357 e. The molecule has 2 aromatic rings. The first kappa shape index (κ1) is 12.8. The summed E-state index contributed by atoms with van der Waals surface area (Å²) >= 11 is 0. The SMILES string of the molecule is Cc1cc(=O)c(CNC(N)=O)c(-c2ccccn2)[nH]1. The fraction of sp³-hybridized carbons (Fsp3) is 0.154. The molecule has 0 aliphatic carbocycles. The van der Waals surface area contributed by atoms with Gasteiger partial charge in [-0.15, -0.1) is 0 Å². The molecule has 2 amide bonds. The molecule has 0 unspecified atom stereocenters. The van der Waals surface area contributed by atoms with Gasteiger partial charge in [0.15, 0.2) is 5.43 Å². The Morgan fingerprint density at radius 2 is 2.26 bits per heavy atom. The Kier molecular flexibility index (Phi) is 3.61. The Balaban J connectivity index is 2.52. The number of carbonyl (C=O) groups is 1. The molecule has 0 saturated heterocycles. The topological polar surface area (TPSA) is 101 Å². The average molecular weight is 258 g/mol. The van der Waals surface area contributed by atoms with E-state index < -0.39 is 6.03 Å². The Hall–Kier alpha value is -2.63. The average Bonchev–Trinajstić information content (AvgIpc) is 2.37. The minimum absolute atomic E-state index is 0.0663. The van der Waals surface area contributed by atoms with Gasteiger partial charge >= 0.3 is 6.03 Å². The smallest absolute Gasteiger partial charge is 0.312 e. The van der Waals surface area contributed by atoms with Gasteiger partial charge in [-0.25, -0.2) is 4.79 Å². The number of H-pyrrole nitrogens is 1. The molecule has 0 radical (unpaired) electrons. The van der Waals surface area contributed by atoms with E-state index in [2.05, 4.69) is 15.3 Å². The van der Waals surface area contributed by atoms with Crippen molar-refractivity contribution >= 4 is 6.03 Å². The van der Waals surface area contributed by atoms with Crippen molar-refractivity contribution in [2.45, 2.75) is 13.5 Å². The minimum Gasteiger partial charge on any atom is -0.357 e. The number of amides is 2. The Morgan fingerprint density at radius 1 is 1.47 bits per heavy atom. The van der Waals surface area contributed by atoms with Crippen molar-refractivity contribution in [2.75, 3.05) is 0 Å². The summed E-state index contributed by atoms with van der Waals surface area (Å²) in [6, 6.07) is 6.21. The van der Waals surface area contributed by atoms with Crippen molar-refractivity contribution < 1.29 is 4.79 Å². The van der Waals surface area contributed by atoms with Crippen molar-refractivity contribution in [1.29, 1.82) is 0 Å². The number of rotatable bonds is 3. The Morgan fingerprint density at radius 3 is 2.89 bits per heavy atom. The second kappa shape index (κ2) is 5.34. The van der Waals surface area contributed by atoms with Crippen LogP contribution in [0.15, 0.2) is 35.3 Å². The summed E-state index contributed by atoms with van der Waals surface area (Å²) in [6.45, 7) is 1.86. The van der Waals surface area contributed by atoms with Crippen LogP contribution in [-0.2, 0) is 6.54 Å². The predicted octanol–water partition coefficient (Wildman–Crippen LogP) is 0.914. The lowest BCUT2D eigenvalue weighted by atomic mass is 10.1. The number of carbonyl (C=O) groups excluding carboxylic acids is 1.